The molecule has 2 atom stereocenters. The van der Waals surface area contributed by atoms with E-state index in [1.807, 2.05) is 0 Å². The van der Waals surface area contributed by atoms with Crippen molar-refractivity contribution in [3.05, 3.63) is 12.2 Å². The lowest BCUT2D eigenvalue weighted by Crippen LogP contribution is -2.46. The first kappa shape index (κ1) is 16.9. The Kier molecular flexibility index (Phi) is 6.39. The van der Waals surface area contributed by atoms with Crippen LogP contribution in [-0.4, -0.2) is 40.7 Å². The van der Waals surface area contributed by atoms with Crippen LogP contribution in [0.5, 0.6) is 0 Å². The van der Waals surface area contributed by atoms with Crippen molar-refractivity contribution in [3.8, 4) is 0 Å². The number of aliphatic carboxylic acids is 1. The Labute approximate surface area is 124 Å². The maximum absolute atomic E-state index is 11.9. The summed E-state index contributed by atoms with van der Waals surface area (Å²) in [5.41, 5.74) is 0. The third kappa shape index (κ3) is 4.44. The lowest BCUT2D eigenvalue weighted by atomic mass is 10.0. The van der Waals surface area contributed by atoms with Gasteiger partial charge in [0.15, 0.2) is 0 Å². The number of thioether (sulfide) groups is 1. The van der Waals surface area contributed by atoms with Gasteiger partial charge in [0.05, 0.1) is 12.0 Å². The summed E-state index contributed by atoms with van der Waals surface area (Å²) in [6.45, 7) is 4.86. The molecule has 0 radical (unpaired) electrons. The molecule has 5 nitrogen and oxygen atoms in total. The van der Waals surface area contributed by atoms with Crippen LogP contribution in [0.3, 0.4) is 0 Å². The Bertz CT molecular complexity index is 372. The van der Waals surface area contributed by atoms with E-state index < -0.39 is 11.9 Å². The summed E-state index contributed by atoms with van der Waals surface area (Å²) in [7, 11) is 0. The second-order valence-electron chi connectivity index (χ2n) is 5.09. The zero-order valence-corrected chi connectivity index (χ0v) is 13.1. The molecule has 0 saturated heterocycles. The van der Waals surface area contributed by atoms with Gasteiger partial charge in [-0.05, 0) is 25.5 Å². The van der Waals surface area contributed by atoms with E-state index in [1.165, 1.54) is 0 Å². The van der Waals surface area contributed by atoms with Gasteiger partial charge in [0, 0.05) is 11.3 Å². The van der Waals surface area contributed by atoms with Crippen molar-refractivity contribution in [1.82, 2.24) is 10.6 Å². The molecule has 114 valence electrons. The van der Waals surface area contributed by atoms with Gasteiger partial charge in [-0.3, -0.25) is 4.79 Å². The standard InChI is InChI=1S/C14H24N2O3S/c1-4-14(5-2,20-3)9-15-13(19)16-11-7-6-10(8-11)12(17)18/h6-7,10-11H,4-5,8-9H2,1-3H3,(H,17,18)(H2,15,16,19). The van der Waals surface area contributed by atoms with Gasteiger partial charge in [0.1, 0.15) is 0 Å². The highest BCUT2D eigenvalue weighted by atomic mass is 32.2. The van der Waals surface area contributed by atoms with Crippen LogP contribution in [0.2, 0.25) is 0 Å². The Morgan fingerprint density at radius 1 is 1.35 bits per heavy atom. The average Bonchev–Trinajstić information content (AvgIpc) is 2.90. The van der Waals surface area contributed by atoms with E-state index in [4.69, 9.17) is 5.11 Å². The van der Waals surface area contributed by atoms with Gasteiger partial charge in [-0.25, -0.2) is 4.79 Å². The molecule has 0 aromatic heterocycles. The summed E-state index contributed by atoms with van der Waals surface area (Å²) < 4.78 is 0.0758. The third-order valence-corrected chi connectivity index (χ3v) is 5.60. The number of carbonyl (C=O) groups excluding carboxylic acids is 1. The molecule has 2 amide bonds. The molecule has 1 aliphatic rings. The van der Waals surface area contributed by atoms with Crippen LogP contribution in [0.4, 0.5) is 4.79 Å². The molecule has 0 saturated carbocycles. The zero-order valence-electron chi connectivity index (χ0n) is 12.3. The maximum atomic E-state index is 11.9. The summed E-state index contributed by atoms with van der Waals surface area (Å²) in [5.74, 6) is -1.33. The number of carboxylic acids is 1. The monoisotopic (exact) mass is 300 g/mol. The predicted molar refractivity (Wildman–Crippen MR) is 82.0 cm³/mol. The minimum absolute atomic E-state index is 0.0758. The van der Waals surface area contributed by atoms with Gasteiger partial charge < -0.3 is 15.7 Å². The number of nitrogens with one attached hydrogen (secondary N) is 2. The second kappa shape index (κ2) is 7.57. The first-order valence-electron chi connectivity index (χ1n) is 6.97. The molecule has 0 heterocycles. The van der Waals surface area contributed by atoms with Crippen LogP contribution in [0, 0.1) is 5.92 Å². The molecule has 0 aliphatic heterocycles. The molecular formula is C14H24N2O3S. The molecule has 2 unspecified atom stereocenters. The smallest absolute Gasteiger partial charge is 0.315 e. The summed E-state index contributed by atoms with van der Waals surface area (Å²) >= 11 is 1.77. The van der Waals surface area contributed by atoms with Gasteiger partial charge >= 0.3 is 12.0 Å². The molecular weight excluding hydrogens is 276 g/mol. The van der Waals surface area contributed by atoms with E-state index in [9.17, 15) is 9.59 Å². The summed E-state index contributed by atoms with van der Waals surface area (Å²) in [4.78, 5) is 22.7. The maximum Gasteiger partial charge on any atom is 0.315 e. The van der Waals surface area contributed by atoms with Crippen molar-refractivity contribution < 1.29 is 14.7 Å². The van der Waals surface area contributed by atoms with Crippen molar-refractivity contribution >= 4 is 23.8 Å². The van der Waals surface area contributed by atoms with Crippen LogP contribution < -0.4 is 10.6 Å². The third-order valence-electron chi connectivity index (χ3n) is 4.01. The number of carbonyl (C=O) groups is 2. The van der Waals surface area contributed by atoms with Gasteiger partial charge in [-0.1, -0.05) is 26.0 Å². The van der Waals surface area contributed by atoms with Crippen LogP contribution in [0.25, 0.3) is 0 Å². The highest BCUT2D eigenvalue weighted by Gasteiger charge is 2.27. The molecule has 1 rings (SSSR count). The van der Waals surface area contributed by atoms with E-state index in [2.05, 4.69) is 30.7 Å². The minimum atomic E-state index is -0.843. The molecule has 6 heteroatoms. The van der Waals surface area contributed by atoms with Crippen LogP contribution in [-0.2, 0) is 4.79 Å². The van der Waals surface area contributed by atoms with Crippen LogP contribution >= 0.6 is 11.8 Å². The zero-order chi connectivity index (χ0) is 15.2. The van der Waals surface area contributed by atoms with Crippen LogP contribution in [0.15, 0.2) is 12.2 Å². The average molecular weight is 300 g/mol. The predicted octanol–water partition coefficient (Wildman–Crippen LogP) is 2.24. The van der Waals surface area contributed by atoms with Crippen molar-refractivity contribution in [1.29, 1.82) is 0 Å². The minimum Gasteiger partial charge on any atom is -0.481 e. The molecule has 0 aromatic rings. The highest BCUT2D eigenvalue weighted by Crippen LogP contribution is 2.29. The quantitative estimate of drug-likeness (QED) is 0.630. The van der Waals surface area contributed by atoms with Crippen molar-refractivity contribution in [2.24, 2.45) is 5.92 Å². The Morgan fingerprint density at radius 2 is 2.00 bits per heavy atom. The lowest BCUT2D eigenvalue weighted by Gasteiger charge is -2.30. The molecule has 0 fully saturated rings. The normalized spacial score (nSPS) is 21.8. The van der Waals surface area contributed by atoms with E-state index in [0.717, 1.165) is 12.8 Å². The van der Waals surface area contributed by atoms with Crippen LogP contribution in [0.1, 0.15) is 33.1 Å². The van der Waals surface area contributed by atoms with Crippen molar-refractivity contribution in [3.63, 3.8) is 0 Å². The van der Waals surface area contributed by atoms with E-state index in [0.29, 0.717) is 13.0 Å². The van der Waals surface area contributed by atoms with Gasteiger partial charge in [-0.15, -0.1) is 0 Å². The second-order valence-corrected chi connectivity index (χ2v) is 6.37. The van der Waals surface area contributed by atoms with E-state index >= 15 is 0 Å². The lowest BCUT2D eigenvalue weighted by molar-refractivity contribution is -0.140. The van der Waals surface area contributed by atoms with Gasteiger partial charge in [0.2, 0.25) is 0 Å². The summed E-state index contributed by atoms with van der Waals surface area (Å²) in [5, 5.41) is 14.6. The van der Waals surface area contributed by atoms with Crippen molar-refractivity contribution in [2.45, 2.75) is 43.9 Å². The number of hydrogen-bond acceptors (Lipinski definition) is 3. The Morgan fingerprint density at radius 3 is 2.45 bits per heavy atom. The van der Waals surface area contributed by atoms with E-state index in [1.54, 1.807) is 23.9 Å². The molecule has 0 aromatic carbocycles. The fourth-order valence-corrected chi connectivity index (χ4v) is 3.10. The first-order chi connectivity index (χ1) is 9.46. The number of urea groups is 1. The molecule has 3 N–H and O–H groups in total. The number of amides is 2. The topological polar surface area (TPSA) is 78.4 Å². The SMILES string of the molecule is CCC(CC)(CNC(=O)NC1C=CC(C(=O)O)C1)SC. The fourth-order valence-electron chi connectivity index (χ4n) is 2.31. The van der Waals surface area contributed by atoms with E-state index in [-0.39, 0.29) is 16.8 Å². The number of hydrogen-bond donors (Lipinski definition) is 3. The Hall–Kier alpha value is -1.17. The Balaban J connectivity index is 2.38. The fraction of sp³-hybridized carbons (Fsp3) is 0.714. The molecule has 20 heavy (non-hydrogen) atoms. The molecule has 1 aliphatic carbocycles. The molecule has 0 spiro atoms. The van der Waals surface area contributed by atoms with Crippen molar-refractivity contribution in [2.75, 3.05) is 12.8 Å². The largest absolute Gasteiger partial charge is 0.481 e. The molecule has 0 bridgehead atoms. The van der Waals surface area contributed by atoms with Gasteiger partial charge in [0.25, 0.3) is 0 Å². The van der Waals surface area contributed by atoms with Gasteiger partial charge in [-0.2, -0.15) is 11.8 Å². The first-order valence-corrected chi connectivity index (χ1v) is 8.19. The number of rotatable bonds is 7. The summed E-state index contributed by atoms with van der Waals surface area (Å²) in [6, 6.07) is -0.422. The highest BCUT2D eigenvalue weighted by molar-refractivity contribution is 8.00. The summed E-state index contributed by atoms with van der Waals surface area (Å²) in [6.07, 6.45) is 7.86. The number of carboxylic acid groups (broad SMARTS) is 1.